The molecule has 0 radical (unpaired) electrons. The van der Waals surface area contributed by atoms with Gasteiger partial charge in [-0.3, -0.25) is 4.79 Å². The van der Waals surface area contributed by atoms with Gasteiger partial charge in [0.25, 0.3) is 5.91 Å². The number of hydrogen-bond acceptors (Lipinski definition) is 4. The van der Waals surface area contributed by atoms with E-state index in [0.29, 0.717) is 5.75 Å². The quantitative estimate of drug-likeness (QED) is 0.901. The van der Waals surface area contributed by atoms with E-state index in [2.05, 4.69) is 5.32 Å². The van der Waals surface area contributed by atoms with E-state index in [9.17, 15) is 13.2 Å². The van der Waals surface area contributed by atoms with Crippen molar-refractivity contribution in [1.82, 2.24) is 5.32 Å². The standard InChI is InChI=1S/C15H21NO4S/c1-21(18,19)14-9-7-13(8-10-14)20-11-15(17)16-12-5-3-2-4-6-12/h7-10,12H,2-6,11H2,1H3,(H,16,17). The van der Waals surface area contributed by atoms with E-state index in [1.165, 1.54) is 31.4 Å². The number of carbonyl (C=O) groups excluding carboxylic acids is 1. The van der Waals surface area contributed by atoms with Gasteiger partial charge in [-0.15, -0.1) is 0 Å². The Hall–Kier alpha value is -1.56. The summed E-state index contributed by atoms with van der Waals surface area (Å²) in [5.74, 6) is 0.357. The lowest BCUT2D eigenvalue weighted by Crippen LogP contribution is -2.38. The van der Waals surface area contributed by atoms with Crippen molar-refractivity contribution >= 4 is 15.7 Å². The lowest BCUT2D eigenvalue weighted by atomic mass is 9.95. The number of hydrogen-bond donors (Lipinski definition) is 1. The van der Waals surface area contributed by atoms with E-state index >= 15 is 0 Å². The summed E-state index contributed by atoms with van der Waals surface area (Å²) in [6.07, 6.45) is 6.80. The van der Waals surface area contributed by atoms with Crippen molar-refractivity contribution in [3.8, 4) is 5.75 Å². The molecule has 116 valence electrons. The number of ether oxygens (including phenoxy) is 1. The summed E-state index contributed by atoms with van der Waals surface area (Å²) in [6.45, 7) is -0.0469. The number of nitrogens with one attached hydrogen (secondary N) is 1. The van der Waals surface area contributed by atoms with Gasteiger partial charge in [-0.2, -0.15) is 0 Å². The number of carbonyl (C=O) groups is 1. The average Bonchev–Trinajstić information content (AvgIpc) is 2.46. The molecule has 1 saturated carbocycles. The number of benzene rings is 1. The molecule has 0 atom stereocenters. The van der Waals surface area contributed by atoms with Crippen molar-refractivity contribution in [3.05, 3.63) is 24.3 Å². The highest BCUT2D eigenvalue weighted by molar-refractivity contribution is 7.90. The molecule has 1 fully saturated rings. The summed E-state index contributed by atoms with van der Waals surface area (Å²) < 4.78 is 28.0. The first-order chi connectivity index (χ1) is 9.95. The first-order valence-electron chi connectivity index (χ1n) is 7.17. The van der Waals surface area contributed by atoms with Crippen molar-refractivity contribution < 1.29 is 17.9 Å². The van der Waals surface area contributed by atoms with Gasteiger partial charge in [0.2, 0.25) is 0 Å². The second kappa shape index (κ2) is 6.93. The number of amides is 1. The monoisotopic (exact) mass is 311 g/mol. The van der Waals surface area contributed by atoms with E-state index in [1.54, 1.807) is 12.1 Å². The van der Waals surface area contributed by atoms with Crippen LogP contribution in [0.1, 0.15) is 32.1 Å². The topological polar surface area (TPSA) is 72.5 Å². The van der Waals surface area contributed by atoms with Gasteiger partial charge >= 0.3 is 0 Å². The number of rotatable bonds is 5. The zero-order valence-corrected chi connectivity index (χ0v) is 13.0. The minimum absolute atomic E-state index is 0.0469. The van der Waals surface area contributed by atoms with E-state index in [4.69, 9.17) is 4.74 Å². The molecule has 6 heteroatoms. The summed E-state index contributed by atoms with van der Waals surface area (Å²) in [5, 5.41) is 2.96. The molecule has 1 aromatic carbocycles. The van der Waals surface area contributed by atoms with Crippen LogP contribution in [0.4, 0.5) is 0 Å². The Kier molecular flexibility index (Phi) is 5.22. The van der Waals surface area contributed by atoms with Crippen LogP contribution in [0.15, 0.2) is 29.2 Å². The molecule has 0 bridgehead atoms. The van der Waals surface area contributed by atoms with Crippen LogP contribution in [-0.4, -0.2) is 33.2 Å². The van der Waals surface area contributed by atoms with Gasteiger partial charge in [0.05, 0.1) is 4.90 Å². The molecule has 0 aromatic heterocycles. The fraction of sp³-hybridized carbons (Fsp3) is 0.533. The van der Waals surface area contributed by atoms with Crippen LogP contribution >= 0.6 is 0 Å². The summed E-state index contributed by atoms with van der Waals surface area (Å²) in [7, 11) is -3.20. The predicted molar refractivity (Wildman–Crippen MR) is 80.1 cm³/mol. The molecule has 0 aliphatic heterocycles. The smallest absolute Gasteiger partial charge is 0.258 e. The fourth-order valence-corrected chi connectivity index (χ4v) is 3.08. The summed E-state index contributed by atoms with van der Waals surface area (Å²) in [5.41, 5.74) is 0. The van der Waals surface area contributed by atoms with Gasteiger partial charge in [-0.05, 0) is 37.1 Å². The fourth-order valence-electron chi connectivity index (χ4n) is 2.45. The Balaban J connectivity index is 1.81. The maximum absolute atomic E-state index is 11.8. The molecule has 1 aliphatic rings. The van der Waals surface area contributed by atoms with Crippen LogP contribution in [-0.2, 0) is 14.6 Å². The van der Waals surface area contributed by atoms with Gasteiger partial charge < -0.3 is 10.1 Å². The van der Waals surface area contributed by atoms with Crippen LogP contribution in [0, 0.1) is 0 Å². The van der Waals surface area contributed by atoms with Crippen molar-refractivity contribution in [2.75, 3.05) is 12.9 Å². The van der Waals surface area contributed by atoms with Crippen molar-refractivity contribution in [3.63, 3.8) is 0 Å². The highest BCUT2D eigenvalue weighted by Crippen LogP contribution is 2.18. The summed E-state index contributed by atoms with van der Waals surface area (Å²) in [4.78, 5) is 12.0. The molecule has 21 heavy (non-hydrogen) atoms. The normalized spacial score (nSPS) is 16.4. The van der Waals surface area contributed by atoms with E-state index in [0.717, 1.165) is 19.1 Å². The van der Waals surface area contributed by atoms with Gasteiger partial charge in [-0.1, -0.05) is 19.3 Å². The molecule has 1 aromatic rings. The molecule has 0 spiro atoms. The third kappa shape index (κ3) is 5.04. The lowest BCUT2D eigenvalue weighted by molar-refractivity contribution is -0.124. The maximum Gasteiger partial charge on any atom is 0.258 e. The minimum Gasteiger partial charge on any atom is -0.484 e. The Labute approximate surface area is 125 Å². The van der Waals surface area contributed by atoms with E-state index in [1.807, 2.05) is 0 Å². The second-order valence-electron chi connectivity index (χ2n) is 5.43. The molecular formula is C15H21NO4S. The molecular weight excluding hydrogens is 290 g/mol. The first kappa shape index (κ1) is 15.8. The Morgan fingerprint density at radius 1 is 1.19 bits per heavy atom. The molecule has 5 nitrogen and oxygen atoms in total. The molecule has 2 rings (SSSR count). The lowest BCUT2D eigenvalue weighted by Gasteiger charge is -2.22. The first-order valence-corrected chi connectivity index (χ1v) is 9.06. The van der Waals surface area contributed by atoms with E-state index < -0.39 is 9.84 Å². The van der Waals surface area contributed by atoms with Gasteiger partial charge in [0.1, 0.15) is 5.75 Å². The molecule has 0 heterocycles. The Bertz CT molecular complexity index is 574. The SMILES string of the molecule is CS(=O)(=O)c1ccc(OCC(=O)NC2CCCCC2)cc1. The van der Waals surface area contributed by atoms with Crippen molar-refractivity contribution in [2.45, 2.75) is 43.0 Å². The average molecular weight is 311 g/mol. The zero-order chi connectivity index (χ0) is 15.3. The molecule has 1 aliphatic carbocycles. The van der Waals surface area contributed by atoms with Crippen LogP contribution in [0.5, 0.6) is 5.75 Å². The third-order valence-electron chi connectivity index (χ3n) is 3.59. The third-order valence-corrected chi connectivity index (χ3v) is 4.72. The van der Waals surface area contributed by atoms with Crippen molar-refractivity contribution in [1.29, 1.82) is 0 Å². The van der Waals surface area contributed by atoms with Gasteiger partial charge in [-0.25, -0.2) is 8.42 Å². The molecule has 1 amide bonds. The highest BCUT2D eigenvalue weighted by atomic mass is 32.2. The van der Waals surface area contributed by atoms with Crippen LogP contribution in [0.3, 0.4) is 0 Å². The summed E-state index contributed by atoms with van der Waals surface area (Å²) in [6, 6.07) is 6.34. The number of sulfone groups is 1. The minimum atomic E-state index is -3.20. The highest BCUT2D eigenvalue weighted by Gasteiger charge is 2.15. The zero-order valence-electron chi connectivity index (χ0n) is 12.2. The van der Waals surface area contributed by atoms with Gasteiger partial charge in [0.15, 0.2) is 16.4 Å². The van der Waals surface area contributed by atoms with Crippen LogP contribution < -0.4 is 10.1 Å². The molecule has 0 unspecified atom stereocenters. The molecule has 0 saturated heterocycles. The summed E-state index contributed by atoms with van der Waals surface area (Å²) >= 11 is 0. The van der Waals surface area contributed by atoms with Gasteiger partial charge in [0, 0.05) is 12.3 Å². The Morgan fingerprint density at radius 2 is 1.81 bits per heavy atom. The van der Waals surface area contributed by atoms with Crippen molar-refractivity contribution in [2.24, 2.45) is 0 Å². The van der Waals surface area contributed by atoms with E-state index in [-0.39, 0.29) is 23.5 Å². The largest absolute Gasteiger partial charge is 0.484 e. The van der Waals surface area contributed by atoms with Crippen LogP contribution in [0.25, 0.3) is 0 Å². The van der Waals surface area contributed by atoms with Crippen LogP contribution in [0.2, 0.25) is 0 Å². The predicted octanol–water partition coefficient (Wildman–Crippen LogP) is 1.92. The molecule has 1 N–H and O–H groups in total. The second-order valence-corrected chi connectivity index (χ2v) is 7.45. The Morgan fingerprint density at radius 3 is 2.38 bits per heavy atom. The maximum atomic E-state index is 11.8.